The smallest absolute Gasteiger partial charge is 0.305 e. The third-order valence-corrected chi connectivity index (χ3v) is 3.02. The van der Waals surface area contributed by atoms with E-state index in [1.54, 1.807) is 21.3 Å². The number of ether oxygens (including phenoxy) is 6. The van der Waals surface area contributed by atoms with E-state index in [1.807, 2.05) is 0 Å². The molecule has 1 heterocycles. The van der Waals surface area contributed by atoms with Crippen LogP contribution in [0.25, 0.3) is 0 Å². The number of esters is 1. The van der Waals surface area contributed by atoms with Gasteiger partial charge in [-0.1, -0.05) is 0 Å². The van der Waals surface area contributed by atoms with Crippen molar-refractivity contribution >= 4 is 5.97 Å². The summed E-state index contributed by atoms with van der Waals surface area (Å²) in [4.78, 5) is 11.1. The van der Waals surface area contributed by atoms with E-state index >= 15 is 0 Å². The molecule has 7 heteroatoms. The van der Waals surface area contributed by atoms with E-state index in [4.69, 9.17) is 28.4 Å². The molecule has 0 unspecified atom stereocenters. The first-order valence-corrected chi connectivity index (χ1v) is 5.99. The molecule has 19 heavy (non-hydrogen) atoms. The van der Waals surface area contributed by atoms with Crippen LogP contribution in [0.5, 0.6) is 0 Å². The lowest BCUT2D eigenvalue weighted by Crippen LogP contribution is -2.61. The summed E-state index contributed by atoms with van der Waals surface area (Å²) in [6.07, 6.45) is -2.61. The first-order valence-electron chi connectivity index (χ1n) is 5.99. The number of methoxy groups -OCH3 is 4. The van der Waals surface area contributed by atoms with Crippen molar-refractivity contribution in [1.29, 1.82) is 0 Å². The van der Waals surface area contributed by atoms with Crippen molar-refractivity contribution in [1.82, 2.24) is 0 Å². The molecule has 5 atom stereocenters. The van der Waals surface area contributed by atoms with E-state index < -0.39 is 30.6 Å². The van der Waals surface area contributed by atoms with Gasteiger partial charge in [0.2, 0.25) is 6.29 Å². The van der Waals surface area contributed by atoms with Gasteiger partial charge < -0.3 is 28.4 Å². The Labute approximate surface area is 113 Å². The van der Waals surface area contributed by atoms with Gasteiger partial charge in [0.25, 0.3) is 0 Å². The van der Waals surface area contributed by atoms with Crippen LogP contribution in [-0.2, 0) is 33.2 Å². The minimum Gasteiger partial charge on any atom is -0.433 e. The highest BCUT2D eigenvalue weighted by atomic mass is 16.7. The fourth-order valence-electron chi connectivity index (χ4n) is 2.24. The Bertz CT molecular complexity index is 283. The summed E-state index contributed by atoms with van der Waals surface area (Å²) < 4.78 is 32.0. The number of rotatable bonds is 6. The molecular formula is C12H22O7. The van der Waals surface area contributed by atoms with Crippen LogP contribution in [-0.4, -0.2) is 71.7 Å². The number of hydrogen-bond acceptors (Lipinski definition) is 7. The highest BCUT2D eigenvalue weighted by Crippen LogP contribution is 2.28. The normalized spacial score (nSPS) is 35.1. The summed E-state index contributed by atoms with van der Waals surface area (Å²) in [6.45, 7) is 1.61. The van der Waals surface area contributed by atoms with Gasteiger partial charge in [0.1, 0.15) is 24.4 Å². The van der Waals surface area contributed by atoms with E-state index in [2.05, 4.69) is 0 Å². The topological polar surface area (TPSA) is 72.5 Å². The maximum Gasteiger partial charge on any atom is 0.305 e. The van der Waals surface area contributed by atoms with Gasteiger partial charge in [-0.05, 0) is 0 Å². The highest BCUT2D eigenvalue weighted by Gasteiger charge is 2.48. The first-order chi connectivity index (χ1) is 9.08. The van der Waals surface area contributed by atoms with Crippen LogP contribution in [0.15, 0.2) is 0 Å². The van der Waals surface area contributed by atoms with Crippen LogP contribution in [0, 0.1) is 0 Å². The standard InChI is InChI=1S/C12H22O7/c1-7(13)18-12-11(17-5)10(16-4)9(15-3)8(19-12)6-14-2/h8-12H,6H2,1-5H3/t8-,9-,10+,11+,12+/m1/s1. The van der Waals surface area contributed by atoms with Gasteiger partial charge in [-0.15, -0.1) is 0 Å². The molecule has 0 radical (unpaired) electrons. The zero-order valence-electron chi connectivity index (χ0n) is 12.0. The van der Waals surface area contributed by atoms with Crippen molar-refractivity contribution in [3.05, 3.63) is 0 Å². The molecule has 0 aromatic carbocycles. The molecule has 0 aromatic rings. The van der Waals surface area contributed by atoms with Crippen molar-refractivity contribution < 1.29 is 33.2 Å². The third-order valence-electron chi connectivity index (χ3n) is 3.02. The summed E-state index contributed by atoms with van der Waals surface area (Å²) in [5, 5.41) is 0. The fourth-order valence-corrected chi connectivity index (χ4v) is 2.24. The molecule has 1 saturated heterocycles. The summed E-state index contributed by atoms with van der Waals surface area (Å²) >= 11 is 0. The minimum absolute atomic E-state index is 0.298. The SMILES string of the molecule is COC[C@H]1O[C@H](OC(C)=O)[C@@H](OC)[C@@H](OC)[C@@H]1OC. The summed E-state index contributed by atoms with van der Waals surface area (Å²) in [5.74, 6) is -0.450. The Balaban J connectivity index is 2.91. The van der Waals surface area contributed by atoms with Crippen molar-refractivity contribution in [2.75, 3.05) is 35.0 Å². The van der Waals surface area contributed by atoms with E-state index in [0.717, 1.165) is 0 Å². The van der Waals surface area contributed by atoms with Gasteiger partial charge >= 0.3 is 5.97 Å². The van der Waals surface area contributed by atoms with Crippen LogP contribution in [0.2, 0.25) is 0 Å². The zero-order valence-corrected chi connectivity index (χ0v) is 12.0. The quantitative estimate of drug-likeness (QED) is 0.631. The second-order valence-electron chi connectivity index (χ2n) is 4.21. The van der Waals surface area contributed by atoms with Gasteiger partial charge in [0, 0.05) is 35.4 Å². The third kappa shape index (κ3) is 3.87. The monoisotopic (exact) mass is 278 g/mol. The molecule has 0 spiro atoms. The van der Waals surface area contributed by atoms with Crippen molar-refractivity contribution in [2.45, 2.75) is 37.6 Å². The van der Waals surface area contributed by atoms with Gasteiger partial charge in [-0.25, -0.2) is 0 Å². The minimum atomic E-state index is -0.848. The summed E-state index contributed by atoms with van der Waals surface area (Å²) in [7, 11) is 6.16. The lowest BCUT2D eigenvalue weighted by Gasteiger charge is -2.43. The van der Waals surface area contributed by atoms with Crippen molar-refractivity contribution in [2.24, 2.45) is 0 Å². The Hall–Kier alpha value is -0.730. The molecule has 1 fully saturated rings. The number of hydrogen-bond donors (Lipinski definition) is 0. The Morgan fingerprint density at radius 1 is 1.00 bits per heavy atom. The summed E-state index contributed by atoms with van der Waals surface area (Å²) in [6, 6.07) is 0. The highest BCUT2D eigenvalue weighted by molar-refractivity contribution is 5.66. The van der Waals surface area contributed by atoms with E-state index in [1.165, 1.54) is 14.0 Å². The fraction of sp³-hybridized carbons (Fsp3) is 0.917. The predicted octanol–water partition coefficient (Wildman–Crippen LogP) is -0.0342. The number of carbonyl (C=O) groups is 1. The average Bonchev–Trinajstić information content (AvgIpc) is 2.37. The van der Waals surface area contributed by atoms with Crippen LogP contribution in [0.4, 0.5) is 0 Å². The molecule has 1 aliphatic heterocycles. The van der Waals surface area contributed by atoms with Gasteiger partial charge in [0.15, 0.2) is 0 Å². The Morgan fingerprint density at radius 2 is 1.58 bits per heavy atom. The van der Waals surface area contributed by atoms with Crippen LogP contribution in [0.3, 0.4) is 0 Å². The molecule has 112 valence electrons. The van der Waals surface area contributed by atoms with Crippen LogP contribution < -0.4 is 0 Å². The van der Waals surface area contributed by atoms with E-state index in [0.29, 0.717) is 6.61 Å². The Kier molecular flexibility index (Phi) is 6.67. The van der Waals surface area contributed by atoms with E-state index in [9.17, 15) is 4.79 Å². The van der Waals surface area contributed by atoms with E-state index in [-0.39, 0.29) is 6.10 Å². The van der Waals surface area contributed by atoms with Gasteiger partial charge in [0.05, 0.1) is 6.61 Å². The van der Waals surface area contributed by atoms with Gasteiger partial charge in [-0.3, -0.25) is 4.79 Å². The number of carbonyl (C=O) groups excluding carboxylic acids is 1. The van der Waals surface area contributed by atoms with Crippen LogP contribution in [0.1, 0.15) is 6.92 Å². The first kappa shape index (κ1) is 16.3. The molecule has 7 nitrogen and oxygen atoms in total. The molecule has 0 aliphatic carbocycles. The molecule has 0 saturated carbocycles. The molecule has 0 aromatic heterocycles. The Morgan fingerprint density at radius 3 is 2.00 bits per heavy atom. The largest absolute Gasteiger partial charge is 0.433 e. The molecule has 1 rings (SSSR count). The van der Waals surface area contributed by atoms with Crippen molar-refractivity contribution in [3.63, 3.8) is 0 Å². The maximum atomic E-state index is 11.1. The average molecular weight is 278 g/mol. The molecule has 1 aliphatic rings. The molecule has 0 N–H and O–H groups in total. The van der Waals surface area contributed by atoms with Gasteiger partial charge in [-0.2, -0.15) is 0 Å². The zero-order chi connectivity index (χ0) is 14.4. The molecule has 0 amide bonds. The summed E-state index contributed by atoms with van der Waals surface area (Å²) in [5.41, 5.74) is 0. The molecular weight excluding hydrogens is 256 g/mol. The van der Waals surface area contributed by atoms with Crippen molar-refractivity contribution in [3.8, 4) is 0 Å². The second-order valence-corrected chi connectivity index (χ2v) is 4.21. The lowest BCUT2D eigenvalue weighted by molar-refractivity contribution is -0.304. The second kappa shape index (κ2) is 7.76. The maximum absolute atomic E-state index is 11.1. The molecule has 0 bridgehead atoms. The van der Waals surface area contributed by atoms with Crippen LogP contribution >= 0.6 is 0 Å². The predicted molar refractivity (Wildman–Crippen MR) is 64.7 cm³/mol. The lowest BCUT2D eigenvalue weighted by atomic mass is 9.98.